The SMILES string of the molecule is [CH2]C=C(C)CC(=N)CCCCC.[LiH]. The number of hydrogen-bond acceptors (Lipinski definition) is 1. The first-order valence-corrected chi connectivity index (χ1v) is 4.71. The van der Waals surface area contributed by atoms with E-state index in [-0.39, 0.29) is 18.9 Å². The van der Waals surface area contributed by atoms with Gasteiger partial charge in [-0.3, -0.25) is 0 Å². The first-order valence-electron chi connectivity index (χ1n) is 4.71. The first kappa shape index (κ1) is 15.5. The van der Waals surface area contributed by atoms with Gasteiger partial charge in [0.05, 0.1) is 0 Å². The summed E-state index contributed by atoms with van der Waals surface area (Å²) in [7, 11) is 0. The van der Waals surface area contributed by atoms with E-state index in [4.69, 9.17) is 5.41 Å². The van der Waals surface area contributed by atoms with Gasteiger partial charge in [0.25, 0.3) is 0 Å². The van der Waals surface area contributed by atoms with Gasteiger partial charge >= 0.3 is 18.9 Å². The molecule has 0 saturated heterocycles. The monoisotopic (exact) mass is 174 g/mol. The van der Waals surface area contributed by atoms with Crippen LogP contribution < -0.4 is 0 Å². The molecular weight excluding hydrogens is 153 g/mol. The van der Waals surface area contributed by atoms with Crippen LogP contribution in [0.5, 0.6) is 0 Å². The first-order chi connectivity index (χ1) is 5.70. The van der Waals surface area contributed by atoms with E-state index < -0.39 is 0 Å². The van der Waals surface area contributed by atoms with Crippen LogP contribution in [0, 0.1) is 12.3 Å². The van der Waals surface area contributed by atoms with Crippen molar-refractivity contribution in [1.82, 2.24) is 0 Å². The van der Waals surface area contributed by atoms with Crippen LogP contribution in [0.15, 0.2) is 11.6 Å². The molecule has 0 aliphatic carbocycles. The molecule has 2 heteroatoms. The van der Waals surface area contributed by atoms with Gasteiger partial charge in [-0.15, -0.1) is 0 Å². The van der Waals surface area contributed by atoms with E-state index in [1.165, 1.54) is 24.8 Å². The van der Waals surface area contributed by atoms with Gasteiger partial charge in [0.1, 0.15) is 0 Å². The summed E-state index contributed by atoms with van der Waals surface area (Å²) in [4.78, 5) is 0. The zero-order valence-electron chi connectivity index (χ0n) is 8.32. The van der Waals surface area contributed by atoms with Crippen molar-refractivity contribution in [1.29, 1.82) is 5.41 Å². The van der Waals surface area contributed by atoms with Crippen molar-refractivity contribution in [2.45, 2.75) is 46.0 Å². The number of hydrogen-bond donors (Lipinski definition) is 1. The number of nitrogens with one attached hydrogen (secondary N) is 1. The second kappa shape index (κ2) is 10.1. The molecular formula is C11H21LiN. The van der Waals surface area contributed by atoms with Gasteiger partial charge in [0, 0.05) is 12.1 Å². The molecule has 0 aliphatic rings. The normalized spacial score (nSPS) is 10.8. The predicted molar refractivity (Wildman–Crippen MR) is 62.7 cm³/mol. The Bertz CT molecular complexity index is 161. The molecule has 0 bridgehead atoms. The minimum absolute atomic E-state index is 0. The van der Waals surface area contributed by atoms with Gasteiger partial charge in [-0.25, -0.2) is 0 Å². The molecule has 13 heavy (non-hydrogen) atoms. The third kappa shape index (κ3) is 9.92. The van der Waals surface area contributed by atoms with Gasteiger partial charge in [-0.2, -0.15) is 0 Å². The zero-order chi connectivity index (χ0) is 9.40. The number of allylic oxidation sites excluding steroid dienone is 2. The summed E-state index contributed by atoms with van der Waals surface area (Å²) in [6.45, 7) is 7.89. The van der Waals surface area contributed by atoms with Crippen molar-refractivity contribution < 1.29 is 0 Å². The van der Waals surface area contributed by atoms with E-state index >= 15 is 0 Å². The Morgan fingerprint density at radius 1 is 1.38 bits per heavy atom. The van der Waals surface area contributed by atoms with E-state index in [2.05, 4.69) is 13.8 Å². The van der Waals surface area contributed by atoms with Gasteiger partial charge in [0.15, 0.2) is 0 Å². The Labute approximate surface area is 94.7 Å². The van der Waals surface area contributed by atoms with Gasteiger partial charge in [-0.05, 0) is 26.7 Å². The summed E-state index contributed by atoms with van der Waals surface area (Å²) in [6.07, 6.45) is 7.26. The average molecular weight is 174 g/mol. The molecule has 0 unspecified atom stereocenters. The van der Waals surface area contributed by atoms with Crippen molar-refractivity contribution >= 4 is 24.6 Å². The van der Waals surface area contributed by atoms with Crippen LogP contribution in [0.3, 0.4) is 0 Å². The van der Waals surface area contributed by atoms with Crippen LogP contribution in [-0.4, -0.2) is 24.6 Å². The van der Waals surface area contributed by atoms with Gasteiger partial charge in [0.2, 0.25) is 0 Å². The summed E-state index contributed by atoms with van der Waals surface area (Å²) in [5, 5.41) is 7.63. The van der Waals surface area contributed by atoms with Crippen molar-refractivity contribution in [3.63, 3.8) is 0 Å². The fraction of sp³-hybridized carbons (Fsp3) is 0.636. The van der Waals surface area contributed by atoms with Gasteiger partial charge < -0.3 is 5.41 Å². The van der Waals surface area contributed by atoms with E-state index in [1.54, 1.807) is 0 Å². The molecule has 0 saturated carbocycles. The molecule has 1 nitrogen and oxygen atoms in total. The predicted octanol–water partition coefficient (Wildman–Crippen LogP) is 3.11. The van der Waals surface area contributed by atoms with Gasteiger partial charge in [-0.1, -0.05) is 31.4 Å². The van der Waals surface area contributed by atoms with E-state index in [0.717, 1.165) is 18.6 Å². The zero-order valence-corrected chi connectivity index (χ0v) is 8.32. The summed E-state index contributed by atoms with van der Waals surface area (Å²) < 4.78 is 0. The molecule has 1 radical (unpaired) electrons. The molecule has 0 aromatic heterocycles. The van der Waals surface area contributed by atoms with Crippen molar-refractivity contribution in [2.24, 2.45) is 0 Å². The molecule has 0 atom stereocenters. The topological polar surface area (TPSA) is 23.9 Å². The van der Waals surface area contributed by atoms with Crippen LogP contribution in [-0.2, 0) is 0 Å². The van der Waals surface area contributed by atoms with Crippen molar-refractivity contribution in [3.05, 3.63) is 18.6 Å². The minimum atomic E-state index is 0. The Morgan fingerprint density at radius 3 is 2.46 bits per heavy atom. The van der Waals surface area contributed by atoms with Crippen LogP contribution in [0.4, 0.5) is 0 Å². The van der Waals surface area contributed by atoms with E-state index in [0.29, 0.717) is 0 Å². The Hall–Kier alpha value is 0.00740. The standard InChI is InChI=1S/C11H20N.Li.H/c1-4-6-7-8-11(12)9-10(3)5-2;;/h5,12H,2,4,6-9H2,1,3H3;;. The average Bonchev–Trinajstić information content (AvgIpc) is 2.05. The quantitative estimate of drug-likeness (QED) is 0.363. The Morgan fingerprint density at radius 2 is 2.00 bits per heavy atom. The molecule has 0 amide bonds. The van der Waals surface area contributed by atoms with E-state index in [1.807, 2.05) is 13.0 Å². The fourth-order valence-electron chi connectivity index (χ4n) is 1.09. The van der Waals surface area contributed by atoms with Crippen molar-refractivity contribution in [3.8, 4) is 0 Å². The molecule has 0 fully saturated rings. The maximum atomic E-state index is 7.63. The number of rotatable bonds is 6. The number of unbranched alkanes of at least 4 members (excludes halogenated alkanes) is 2. The second-order valence-corrected chi connectivity index (χ2v) is 3.29. The van der Waals surface area contributed by atoms with Crippen molar-refractivity contribution in [2.75, 3.05) is 0 Å². The summed E-state index contributed by atoms with van der Waals surface area (Å²) in [6, 6.07) is 0. The molecule has 0 heterocycles. The molecule has 0 aromatic rings. The van der Waals surface area contributed by atoms with Crippen LogP contribution in [0.2, 0.25) is 0 Å². The summed E-state index contributed by atoms with van der Waals surface area (Å²) >= 11 is 0. The molecule has 1 N–H and O–H groups in total. The van der Waals surface area contributed by atoms with Crippen LogP contribution in [0.25, 0.3) is 0 Å². The van der Waals surface area contributed by atoms with E-state index in [9.17, 15) is 0 Å². The molecule has 71 valence electrons. The molecule has 0 spiro atoms. The Balaban J connectivity index is 0. The second-order valence-electron chi connectivity index (χ2n) is 3.29. The van der Waals surface area contributed by atoms with Crippen LogP contribution >= 0.6 is 0 Å². The summed E-state index contributed by atoms with van der Waals surface area (Å²) in [5.41, 5.74) is 2.05. The fourth-order valence-corrected chi connectivity index (χ4v) is 1.09. The third-order valence-electron chi connectivity index (χ3n) is 1.92. The maximum absolute atomic E-state index is 7.63. The Kier molecular flexibility index (Phi) is 12.0. The van der Waals surface area contributed by atoms with Crippen LogP contribution in [0.1, 0.15) is 46.0 Å². The molecule has 0 rings (SSSR count). The third-order valence-corrected chi connectivity index (χ3v) is 1.92. The molecule has 0 aliphatic heterocycles. The molecule has 0 aromatic carbocycles. The summed E-state index contributed by atoms with van der Waals surface area (Å²) in [5.74, 6) is 0.